The Bertz CT molecular complexity index is 959. The summed E-state index contributed by atoms with van der Waals surface area (Å²) in [4.78, 5) is 0. The fourth-order valence-electron chi connectivity index (χ4n) is 2.83. The van der Waals surface area contributed by atoms with Crippen molar-refractivity contribution < 1.29 is 17.9 Å². The van der Waals surface area contributed by atoms with Crippen LogP contribution in [-0.2, 0) is 6.42 Å². The van der Waals surface area contributed by atoms with E-state index in [1.807, 2.05) is 13.8 Å². The van der Waals surface area contributed by atoms with Crippen molar-refractivity contribution in [3.05, 3.63) is 77.1 Å². The van der Waals surface area contributed by atoms with Gasteiger partial charge in [0.05, 0.1) is 6.61 Å². The highest BCUT2D eigenvalue weighted by atomic mass is 19.2. The van der Waals surface area contributed by atoms with E-state index in [-0.39, 0.29) is 10.9 Å². The number of fused-ring (bicyclic) bond motifs is 1. The number of ether oxygens (including phenoxy) is 1. The molecule has 0 spiro atoms. The van der Waals surface area contributed by atoms with Crippen molar-refractivity contribution in [1.29, 1.82) is 0 Å². The van der Waals surface area contributed by atoms with E-state index in [1.165, 1.54) is 24.3 Å². The van der Waals surface area contributed by atoms with Gasteiger partial charge in [0.1, 0.15) is 11.6 Å². The van der Waals surface area contributed by atoms with E-state index in [9.17, 15) is 13.2 Å². The van der Waals surface area contributed by atoms with Crippen molar-refractivity contribution in [3.63, 3.8) is 0 Å². The van der Waals surface area contributed by atoms with Crippen molar-refractivity contribution >= 4 is 22.4 Å². The minimum atomic E-state index is -1.21. The SMILES string of the molecule is CCOc1ccc2c(F)c(C(F)=C(F)c3ccc(CC)cc3)ccc2c1. The lowest BCUT2D eigenvalue weighted by Crippen LogP contribution is -1.94. The summed E-state index contributed by atoms with van der Waals surface area (Å²) in [5.41, 5.74) is 0.716. The second-order valence-electron chi connectivity index (χ2n) is 5.92. The third-order valence-corrected chi connectivity index (χ3v) is 4.28. The standard InChI is InChI=1S/C22H19F3O/c1-3-14-5-7-15(8-6-14)20(23)22(25)19-11-9-16-13-17(26-4-2)10-12-18(16)21(19)24/h5-13H,3-4H2,1-2H3. The lowest BCUT2D eigenvalue weighted by molar-refractivity contribution is 0.340. The average Bonchev–Trinajstić information content (AvgIpc) is 2.67. The van der Waals surface area contributed by atoms with Gasteiger partial charge in [-0.15, -0.1) is 0 Å². The quantitative estimate of drug-likeness (QED) is 0.462. The minimum absolute atomic E-state index is 0.0888. The van der Waals surface area contributed by atoms with Crippen LogP contribution in [0.3, 0.4) is 0 Å². The van der Waals surface area contributed by atoms with Crippen LogP contribution in [0.15, 0.2) is 54.6 Å². The molecule has 0 saturated carbocycles. The monoisotopic (exact) mass is 356 g/mol. The zero-order valence-electron chi connectivity index (χ0n) is 14.7. The molecule has 0 aliphatic heterocycles. The van der Waals surface area contributed by atoms with Crippen molar-refractivity contribution in [1.82, 2.24) is 0 Å². The van der Waals surface area contributed by atoms with E-state index in [4.69, 9.17) is 4.74 Å². The first-order chi connectivity index (χ1) is 12.5. The Hall–Kier alpha value is -2.75. The Kier molecular flexibility index (Phi) is 5.31. The van der Waals surface area contributed by atoms with E-state index < -0.39 is 23.0 Å². The first-order valence-corrected chi connectivity index (χ1v) is 8.55. The molecule has 134 valence electrons. The van der Waals surface area contributed by atoms with Crippen molar-refractivity contribution in [2.24, 2.45) is 0 Å². The van der Waals surface area contributed by atoms with Crippen molar-refractivity contribution in [3.8, 4) is 5.75 Å². The highest BCUT2D eigenvalue weighted by Crippen LogP contribution is 2.34. The maximum absolute atomic E-state index is 14.8. The fraction of sp³-hybridized carbons (Fsp3) is 0.182. The Labute approximate surface area is 150 Å². The van der Waals surface area contributed by atoms with Crippen LogP contribution in [0.5, 0.6) is 5.75 Å². The van der Waals surface area contributed by atoms with Gasteiger partial charge >= 0.3 is 0 Å². The lowest BCUT2D eigenvalue weighted by atomic mass is 10.0. The lowest BCUT2D eigenvalue weighted by Gasteiger charge is -2.09. The molecule has 3 aromatic carbocycles. The van der Waals surface area contributed by atoms with E-state index >= 15 is 0 Å². The highest BCUT2D eigenvalue weighted by Gasteiger charge is 2.17. The second kappa shape index (κ2) is 7.65. The van der Waals surface area contributed by atoms with Gasteiger partial charge in [0.25, 0.3) is 0 Å². The molecule has 0 bridgehead atoms. The summed E-state index contributed by atoms with van der Waals surface area (Å²) in [6.45, 7) is 4.32. The zero-order chi connectivity index (χ0) is 18.7. The predicted octanol–water partition coefficient (Wildman–Crippen LogP) is 6.70. The van der Waals surface area contributed by atoms with Gasteiger partial charge in [0.15, 0.2) is 11.7 Å². The topological polar surface area (TPSA) is 9.23 Å². The van der Waals surface area contributed by atoms with Gasteiger partial charge in [-0.25, -0.2) is 13.2 Å². The molecule has 0 unspecified atom stereocenters. The molecule has 0 atom stereocenters. The zero-order valence-corrected chi connectivity index (χ0v) is 14.7. The van der Waals surface area contributed by atoms with Crippen LogP contribution in [-0.4, -0.2) is 6.61 Å². The first kappa shape index (κ1) is 18.1. The van der Waals surface area contributed by atoms with Crippen LogP contribution >= 0.6 is 0 Å². The Morgan fingerprint density at radius 3 is 2.27 bits per heavy atom. The number of hydrogen-bond donors (Lipinski definition) is 0. The summed E-state index contributed by atoms with van der Waals surface area (Å²) in [5.74, 6) is -2.46. The summed E-state index contributed by atoms with van der Waals surface area (Å²) < 4.78 is 49.3. The summed E-state index contributed by atoms with van der Waals surface area (Å²) in [5, 5.41) is 0.785. The number of rotatable bonds is 5. The maximum atomic E-state index is 14.8. The molecule has 0 radical (unpaired) electrons. The first-order valence-electron chi connectivity index (χ1n) is 8.55. The van der Waals surface area contributed by atoms with Gasteiger partial charge < -0.3 is 4.74 Å². The largest absolute Gasteiger partial charge is 0.494 e. The molecular formula is C22H19F3O. The number of aryl methyl sites for hydroxylation is 1. The number of hydrogen-bond acceptors (Lipinski definition) is 1. The van der Waals surface area contributed by atoms with Gasteiger partial charge in [0.2, 0.25) is 0 Å². The van der Waals surface area contributed by atoms with E-state index in [0.29, 0.717) is 17.7 Å². The molecule has 0 saturated heterocycles. The molecule has 4 heteroatoms. The van der Waals surface area contributed by atoms with Crippen LogP contribution in [0.2, 0.25) is 0 Å². The number of benzene rings is 3. The highest BCUT2D eigenvalue weighted by molar-refractivity contribution is 5.91. The van der Waals surface area contributed by atoms with Crippen LogP contribution in [0.1, 0.15) is 30.5 Å². The van der Waals surface area contributed by atoms with Gasteiger partial charge in [-0.05, 0) is 48.6 Å². The van der Waals surface area contributed by atoms with Crippen LogP contribution < -0.4 is 4.74 Å². The van der Waals surface area contributed by atoms with Crippen LogP contribution in [0.4, 0.5) is 13.2 Å². The molecule has 0 aromatic heterocycles. The molecule has 0 aliphatic rings. The third kappa shape index (κ3) is 3.45. The van der Waals surface area contributed by atoms with Gasteiger partial charge in [-0.2, -0.15) is 0 Å². The van der Waals surface area contributed by atoms with Gasteiger partial charge in [-0.3, -0.25) is 0 Å². The maximum Gasteiger partial charge on any atom is 0.169 e. The van der Waals surface area contributed by atoms with Gasteiger partial charge in [-0.1, -0.05) is 37.3 Å². The van der Waals surface area contributed by atoms with E-state index in [2.05, 4.69) is 0 Å². The number of halogens is 3. The smallest absolute Gasteiger partial charge is 0.169 e. The molecule has 0 aliphatic carbocycles. The molecule has 0 N–H and O–H groups in total. The van der Waals surface area contributed by atoms with E-state index in [0.717, 1.165) is 12.0 Å². The molecule has 26 heavy (non-hydrogen) atoms. The average molecular weight is 356 g/mol. The summed E-state index contributed by atoms with van der Waals surface area (Å²) in [6, 6.07) is 14.1. The Morgan fingerprint density at radius 2 is 1.62 bits per heavy atom. The third-order valence-electron chi connectivity index (χ3n) is 4.28. The molecule has 1 nitrogen and oxygen atoms in total. The molecule has 0 fully saturated rings. The molecular weight excluding hydrogens is 337 g/mol. The Morgan fingerprint density at radius 1 is 0.885 bits per heavy atom. The molecule has 3 aromatic rings. The van der Waals surface area contributed by atoms with Crippen LogP contribution in [0, 0.1) is 5.82 Å². The van der Waals surface area contributed by atoms with E-state index in [1.54, 1.807) is 30.3 Å². The summed E-state index contributed by atoms with van der Waals surface area (Å²) >= 11 is 0. The molecule has 0 heterocycles. The summed E-state index contributed by atoms with van der Waals surface area (Å²) in [7, 11) is 0. The van der Waals surface area contributed by atoms with Crippen LogP contribution in [0.25, 0.3) is 22.4 Å². The molecule has 0 amide bonds. The van der Waals surface area contributed by atoms with Crippen molar-refractivity contribution in [2.75, 3.05) is 6.61 Å². The fourth-order valence-corrected chi connectivity index (χ4v) is 2.83. The molecule has 3 rings (SSSR count). The van der Waals surface area contributed by atoms with Gasteiger partial charge in [0, 0.05) is 16.5 Å². The minimum Gasteiger partial charge on any atom is -0.494 e. The van der Waals surface area contributed by atoms with Crippen molar-refractivity contribution in [2.45, 2.75) is 20.3 Å². The Balaban J connectivity index is 2.05. The predicted molar refractivity (Wildman–Crippen MR) is 99.9 cm³/mol. The normalized spacial score (nSPS) is 12.2. The summed E-state index contributed by atoms with van der Waals surface area (Å²) in [6.07, 6.45) is 0.803. The second-order valence-corrected chi connectivity index (χ2v) is 5.92.